The minimum Gasteiger partial charge on any atom is -0.395 e. The number of rotatable bonds is 2. The molecule has 0 fully saturated rings. The van der Waals surface area contributed by atoms with Crippen LogP contribution in [0, 0.1) is 10.1 Å². The van der Waals surface area contributed by atoms with Crippen molar-refractivity contribution in [2.24, 2.45) is 0 Å². The SMILES string of the molecule is O=C(c1ccc([N+](=O)[O-])o1)N1CCCc2ccccc21. The van der Waals surface area contributed by atoms with Gasteiger partial charge in [0, 0.05) is 12.2 Å². The van der Waals surface area contributed by atoms with Crippen molar-refractivity contribution in [3.05, 3.63) is 57.8 Å². The molecule has 1 aromatic heterocycles. The molecule has 0 saturated carbocycles. The standard InChI is InChI=1S/C14H12N2O4/c17-14(12-7-8-13(20-12)16(18)19)15-9-3-5-10-4-1-2-6-11(10)15/h1-2,4,6-8H,3,5,9H2. The van der Waals surface area contributed by atoms with E-state index in [1.807, 2.05) is 24.3 Å². The molecule has 0 unspecified atom stereocenters. The van der Waals surface area contributed by atoms with E-state index in [1.165, 1.54) is 12.1 Å². The van der Waals surface area contributed by atoms with Gasteiger partial charge in [0.1, 0.15) is 4.92 Å². The van der Waals surface area contributed by atoms with Gasteiger partial charge in [0.2, 0.25) is 0 Å². The number of carbonyl (C=O) groups is 1. The lowest BCUT2D eigenvalue weighted by Gasteiger charge is -2.28. The largest absolute Gasteiger partial charge is 0.433 e. The molecule has 20 heavy (non-hydrogen) atoms. The first-order valence-corrected chi connectivity index (χ1v) is 6.31. The normalized spacial score (nSPS) is 13.9. The lowest BCUT2D eigenvalue weighted by atomic mass is 10.0. The fraction of sp³-hybridized carbons (Fsp3) is 0.214. The van der Waals surface area contributed by atoms with E-state index in [2.05, 4.69) is 0 Å². The molecule has 0 atom stereocenters. The predicted molar refractivity (Wildman–Crippen MR) is 71.8 cm³/mol. The molecular weight excluding hydrogens is 260 g/mol. The number of benzene rings is 1. The first-order valence-electron chi connectivity index (χ1n) is 6.31. The van der Waals surface area contributed by atoms with Crippen molar-refractivity contribution in [1.82, 2.24) is 0 Å². The average Bonchev–Trinajstić information content (AvgIpc) is 2.96. The molecule has 0 aliphatic carbocycles. The number of para-hydroxylation sites is 1. The smallest absolute Gasteiger partial charge is 0.395 e. The van der Waals surface area contributed by atoms with Crippen molar-refractivity contribution in [2.75, 3.05) is 11.4 Å². The molecule has 6 nitrogen and oxygen atoms in total. The Bertz CT molecular complexity index is 677. The van der Waals surface area contributed by atoms with Crippen LogP contribution in [0.1, 0.15) is 22.5 Å². The molecule has 2 heterocycles. The van der Waals surface area contributed by atoms with E-state index >= 15 is 0 Å². The van der Waals surface area contributed by atoms with Crippen molar-refractivity contribution in [3.63, 3.8) is 0 Å². The molecule has 1 aromatic carbocycles. The summed E-state index contributed by atoms with van der Waals surface area (Å²) in [6.45, 7) is 0.588. The highest BCUT2D eigenvalue weighted by molar-refractivity contribution is 6.05. The molecule has 2 aromatic rings. The molecule has 0 bridgehead atoms. The fourth-order valence-corrected chi connectivity index (χ4v) is 2.42. The third kappa shape index (κ3) is 2.05. The first-order chi connectivity index (χ1) is 9.66. The Morgan fingerprint density at radius 3 is 2.80 bits per heavy atom. The molecule has 1 aliphatic rings. The minimum absolute atomic E-state index is 0.00611. The summed E-state index contributed by atoms with van der Waals surface area (Å²) in [5.74, 6) is -0.766. The maximum Gasteiger partial charge on any atom is 0.433 e. The molecule has 1 amide bonds. The van der Waals surface area contributed by atoms with Gasteiger partial charge < -0.3 is 9.32 Å². The number of hydrogen-bond donors (Lipinski definition) is 0. The number of carbonyl (C=O) groups excluding carboxylic acids is 1. The maximum absolute atomic E-state index is 12.4. The monoisotopic (exact) mass is 272 g/mol. The summed E-state index contributed by atoms with van der Waals surface area (Å²) < 4.78 is 4.98. The molecule has 0 saturated heterocycles. The molecule has 3 rings (SSSR count). The molecule has 1 aliphatic heterocycles. The van der Waals surface area contributed by atoms with E-state index in [0.717, 1.165) is 24.1 Å². The van der Waals surface area contributed by atoms with Crippen LogP contribution in [0.25, 0.3) is 0 Å². The molecule has 0 N–H and O–H groups in total. The van der Waals surface area contributed by atoms with Crippen molar-refractivity contribution < 1.29 is 14.1 Å². The van der Waals surface area contributed by atoms with Crippen LogP contribution in [0.2, 0.25) is 0 Å². The van der Waals surface area contributed by atoms with E-state index in [4.69, 9.17) is 4.42 Å². The summed E-state index contributed by atoms with van der Waals surface area (Å²) in [6.07, 6.45) is 1.80. The summed E-state index contributed by atoms with van der Waals surface area (Å²) in [6, 6.07) is 10.2. The van der Waals surface area contributed by atoms with Gasteiger partial charge in [0.15, 0.2) is 5.76 Å². The molecule has 0 spiro atoms. The Morgan fingerprint density at radius 1 is 1.25 bits per heavy atom. The first kappa shape index (κ1) is 12.4. The predicted octanol–water partition coefficient (Wildman–Crippen LogP) is 2.78. The van der Waals surface area contributed by atoms with Crippen LogP contribution >= 0.6 is 0 Å². The third-order valence-electron chi connectivity index (χ3n) is 3.34. The number of amides is 1. The maximum atomic E-state index is 12.4. The van der Waals surface area contributed by atoms with Crippen LogP contribution in [0.5, 0.6) is 0 Å². The molecular formula is C14H12N2O4. The van der Waals surface area contributed by atoms with Gasteiger partial charge in [-0.3, -0.25) is 14.9 Å². The number of nitrogens with zero attached hydrogens (tertiary/aromatic N) is 2. The van der Waals surface area contributed by atoms with E-state index < -0.39 is 10.8 Å². The van der Waals surface area contributed by atoms with Crippen LogP contribution < -0.4 is 4.90 Å². The Kier molecular flexibility index (Phi) is 2.98. The number of nitro groups is 1. The lowest BCUT2D eigenvalue weighted by molar-refractivity contribution is -0.402. The second-order valence-corrected chi connectivity index (χ2v) is 4.58. The molecule has 6 heteroatoms. The van der Waals surface area contributed by atoms with Gasteiger partial charge in [-0.1, -0.05) is 18.2 Å². The zero-order chi connectivity index (χ0) is 14.1. The summed E-state index contributed by atoms with van der Waals surface area (Å²) in [5, 5.41) is 10.6. The summed E-state index contributed by atoms with van der Waals surface area (Å²) in [7, 11) is 0. The van der Waals surface area contributed by atoms with Crippen LogP contribution in [0.4, 0.5) is 11.6 Å². The van der Waals surface area contributed by atoms with Gasteiger partial charge in [0.25, 0.3) is 5.91 Å². The second kappa shape index (κ2) is 4.80. The van der Waals surface area contributed by atoms with Gasteiger partial charge in [-0.2, -0.15) is 0 Å². The quantitative estimate of drug-likeness (QED) is 0.622. The third-order valence-corrected chi connectivity index (χ3v) is 3.34. The van der Waals surface area contributed by atoms with E-state index in [9.17, 15) is 14.9 Å². The number of furan rings is 1. The van der Waals surface area contributed by atoms with E-state index in [-0.39, 0.29) is 11.7 Å². The van der Waals surface area contributed by atoms with Crippen LogP contribution in [0.3, 0.4) is 0 Å². The van der Waals surface area contributed by atoms with Crippen LogP contribution in [0.15, 0.2) is 40.8 Å². The fourth-order valence-electron chi connectivity index (χ4n) is 2.42. The second-order valence-electron chi connectivity index (χ2n) is 4.58. The number of aryl methyl sites for hydroxylation is 1. The zero-order valence-corrected chi connectivity index (χ0v) is 10.6. The summed E-state index contributed by atoms with van der Waals surface area (Å²) in [4.78, 5) is 24.0. The number of hydrogen-bond acceptors (Lipinski definition) is 4. The van der Waals surface area contributed by atoms with Gasteiger partial charge >= 0.3 is 5.88 Å². The van der Waals surface area contributed by atoms with Crippen molar-refractivity contribution >= 4 is 17.5 Å². The number of fused-ring (bicyclic) bond motifs is 1. The Labute approximate surface area is 114 Å². The van der Waals surface area contributed by atoms with Crippen molar-refractivity contribution in [3.8, 4) is 0 Å². The Morgan fingerprint density at radius 2 is 2.05 bits per heavy atom. The van der Waals surface area contributed by atoms with Gasteiger partial charge in [-0.05, 0) is 30.5 Å². The number of anilines is 1. The zero-order valence-electron chi connectivity index (χ0n) is 10.6. The van der Waals surface area contributed by atoms with Gasteiger partial charge in [-0.15, -0.1) is 0 Å². The Hall–Kier alpha value is -2.63. The topological polar surface area (TPSA) is 76.6 Å². The molecule has 102 valence electrons. The highest BCUT2D eigenvalue weighted by atomic mass is 16.6. The average molecular weight is 272 g/mol. The van der Waals surface area contributed by atoms with Gasteiger partial charge in [0.05, 0.1) is 6.07 Å². The minimum atomic E-state index is -0.652. The Balaban J connectivity index is 1.93. The highest BCUT2D eigenvalue weighted by Gasteiger charge is 2.26. The van der Waals surface area contributed by atoms with E-state index in [0.29, 0.717) is 6.54 Å². The van der Waals surface area contributed by atoms with E-state index in [1.54, 1.807) is 4.90 Å². The molecule has 0 radical (unpaired) electrons. The van der Waals surface area contributed by atoms with Crippen molar-refractivity contribution in [2.45, 2.75) is 12.8 Å². The van der Waals surface area contributed by atoms with Crippen LogP contribution in [-0.4, -0.2) is 17.4 Å². The van der Waals surface area contributed by atoms with Crippen LogP contribution in [-0.2, 0) is 6.42 Å². The highest BCUT2D eigenvalue weighted by Crippen LogP contribution is 2.29. The van der Waals surface area contributed by atoms with Crippen molar-refractivity contribution in [1.29, 1.82) is 0 Å². The summed E-state index contributed by atoms with van der Waals surface area (Å²) in [5.41, 5.74) is 1.95. The lowest BCUT2D eigenvalue weighted by Crippen LogP contribution is -2.35. The summed E-state index contributed by atoms with van der Waals surface area (Å²) >= 11 is 0. The van der Waals surface area contributed by atoms with Gasteiger partial charge in [-0.25, -0.2) is 0 Å².